The van der Waals surface area contributed by atoms with Crippen molar-refractivity contribution >= 4 is 28.1 Å². The van der Waals surface area contributed by atoms with Gasteiger partial charge in [-0.1, -0.05) is 24.3 Å². The summed E-state index contributed by atoms with van der Waals surface area (Å²) in [6.45, 7) is 1.74. The van der Waals surface area contributed by atoms with Crippen LogP contribution in [0.3, 0.4) is 0 Å². The van der Waals surface area contributed by atoms with Crippen molar-refractivity contribution in [3.63, 3.8) is 0 Å². The molecule has 6 heteroatoms. The average Bonchev–Trinajstić information content (AvgIpc) is 2.65. The van der Waals surface area contributed by atoms with Crippen LogP contribution in [0.1, 0.15) is 5.56 Å². The Labute approximate surface area is 156 Å². The third-order valence-electron chi connectivity index (χ3n) is 4.09. The summed E-state index contributed by atoms with van der Waals surface area (Å²) in [6, 6.07) is 16.9. The van der Waals surface area contributed by atoms with Gasteiger partial charge in [0.05, 0.1) is 0 Å². The quantitative estimate of drug-likeness (QED) is 0.320. The number of aromatic hydroxyl groups is 2. The molecule has 0 bridgehead atoms. The Kier molecular flexibility index (Phi) is 4.95. The van der Waals surface area contributed by atoms with Crippen LogP contribution in [0.4, 0.5) is 11.4 Å². The molecule has 0 heterocycles. The number of hydrogen-bond donors (Lipinski definition) is 4. The van der Waals surface area contributed by atoms with E-state index >= 15 is 0 Å². The number of nitriles is 1. The molecule has 0 spiro atoms. The minimum atomic E-state index is -0.568. The molecule has 3 aromatic carbocycles. The largest absolute Gasteiger partial charge is 0.508 e. The lowest BCUT2D eigenvalue weighted by molar-refractivity contribution is -0.112. The first kappa shape index (κ1) is 17.8. The lowest BCUT2D eigenvalue weighted by Gasteiger charge is -2.10. The van der Waals surface area contributed by atoms with Gasteiger partial charge in [-0.05, 0) is 42.8 Å². The average molecular weight is 359 g/mol. The van der Waals surface area contributed by atoms with Gasteiger partial charge in [0.2, 0.25) is 0 Å². The van der Waals surface area contributed by atoms with Crippen molar-refractivity contribution in [1.82, 2.24) is 0 Å². The molecule has 0 saturated carbocycles. The Morgan fingerprint density at radius 2 is 1.78 bits per heavy atom. The van der Waals surface area contributed by atoms with E-state index in [2.05, 4.69) is 10.6 Å². The number of anilines is 2. The van der Waals surface area contributed by atoms with Crippen molar-refractivity contribution in [3.05, 3.63) is 71.9 Å². The van der Waals surface area contributed by atoms with E-state index in [4.69, 9.17) is 0 Å². The first-order chi connectivity index (χ1) is 13.0. The number of rotatable bonds is 4. The van der Waals surface area contributed by atoms with Crippen LogP contribution in [0.25, 0.3) is 10.8 Å². The van der Waals surface area contributed by atoms with Crippen LogP contribution in [-0.2, 0) is 4.79 Å². The molecule has 0 unspecified atom stereocenters. The zero-order valence-corrected chi connectivity index (χ0v) is 14.5. The second-order valence-electron chi connectivity index (χ2n) is 5.95. The van der Waals surface area contributed by atoms with Gasteiger partial charge in [0.25, 0.3) is 5.91 Å². The normalized spacial score (nSPS) is 11.0. The molecule has 27 heavy (non-hydrogen) atoms. The highest BCUT2D eigenvalue weighted by molar-refractivity contribution is 6.07. The van der Waals surface area contributed by atoms with E-state index in [1.807, 2.05) is 12.1 Å². The molecule has 134 valence electrons. The molecule has 6 nitrogen and oxygen atoms in total. The van der Waals surface area contributed by atoms with Gasteiger partial charge in [-0.2, -0.15) is 5.26 Å². The monoisotopic (exact) mass is 359 g/mol. The fraction of sp³-hybridized carbons (Fsp3) is 0.0476. The molecule has 1 amide bonds. The summed E-state index contributed by atoms with van der Waals surface area (Å²) in [4.78, 5) is 12.4. The third kappa shape index (κ3) is 3.83. The van der Waals surface area contributed by atoms with Crippen LogP contribution in [0.2, 0.25) is 0 Å². The molecular weight excluding hydrogens is 342 g/mol. The zero-order valence-electron chi connectivity index (χ0n) is 14.5. The van der Waals surface area contributed by atoms with E-state index in [1.165, 1.54) is 18.3 Å². The van der Waals surface area contributed by atoms with E-state index < -0.39 is 5.91 Å². The second kappa shape index (κ2) is 7.50. The maximum absolute atomic E-state index is 12.4. The van der Waals surface area contributed by atoms with Crippen molar-refractivity contribution in [2.75, 3.05) is 10.6 Å². The highest BCUT2D eigenvalue weighted by atomic mass is 16.3. The Bertz CT molecular complexity index is 1100. The number of carbonyl (C=O) groups is 1. The second-order valence-corrected chi connectivity index (χ2v) is 5.95. The Balaban J connectivity index is 1.84. The summed E-state index contributed by atoms with van der Waals surface area (Å²) < 4.78 is 0. The molecule has 0 atom stereocenters. The van der Waals surface area contributed by atoms with Gasteiger partial charge < -0.3 is 20.8 Å². The number of hydrogen-bond acceptors (Lipinski definition) is 5. The SMILES string of the molecule is Cc1cc(O)ccc1NC(=O)/C(C#N)=C\Nc1cccc2c(O)cccc12. The van der Waals surface area contributed by atoms with E-state index in [1.54, 1.807) is 43.3 Å². The molecule has 0 aliphatic carbocycles. The number of benzene rings is 3. The maximum atomic E-state index is 12.4. The number of carbonyl (C=O) groups excluding carboxylic acids is 1. The van der Waals surface area contributed by atoms with Crippen LogP contribution in [-0.4, -0.2) is 16.1 Å². The fourth-order valence-electron chi connectivity index (χ4n) is 2.70. The molecule has 3 rings (SSSR count). The van der Waals surface area contributed by atoms with Crippen molar-refractivity contribution in [2.24, 2.45) is 0 Å². The molecule has 0 aromatic heterocycles. The first-order valence-electron chi connectivity index (χ1n) is 8.18. The Morgan fingerprint density at radius 1 is 1.04 bits per heavy atom. The molecule has 3 aromatic rings. The molecular formula is C21H17N3O3. The van der Waals surface area contributed by atoms with Crippen LogP contribution < -0.4 is 10.6 Å². The highest BCUT2D eigenvalue weighted by Crippen LogP contribution is 2.30. The number of aryl methyl sites for hydroxylation is 1. The third-order valence-corrected chi connectivity index (χ3v) is 4.09. The fourth-order valence-corrected chi connectivity index (χ4v) is 2.70. The number of nitrogens with one attached hydrogen (secondary N) is 2. The molecule has 0 fully saturated rings. The summed E-state index contributed by atoms with van der Waals surface area (Å²) in [5.41, 5.74) is 1.73. The zero-order chi connectivity index (χ0) is 19.4. The number of fused-ring (bicyclic) bond motifs is 1. The lowest BCUT2D eigenvalue weighted by atomic mass is 10.1. The van der Waals surface area contributed by atoms with Crippen LogP contribution in [0.5, 0.6) is 11.5 Å². The predicted molar refractivity (Wildman–Crippen MR) is 104 cm³/mol. The summed E-state index contributed by atoms with van der Waals surface area (Å²) >= 11 is 0. The van der Waals surface area contributed by atoms with E-state index in [0.717, 1.165) is 5.39 Å². The van der Waals surface area contributed by atoms with Crippen LogP contribution in [0.15, 0.2) is 66.4 Å². The highest BCUT2D eigenvalue weighted by Gasteiger charge is 2.11. The van der Waals surface area contributed by atoms with E-state index in [0.29, 0.717) is 22.3 Å². The molecule has 0 aliphatic rings. The lowest BCUT2D eigenvalue weighted by Crippen LogP contribution is -2.15. The smallest absolute Gasteiger partial charge is 0.267 e. The van der Waals surface area contributed by atoms with Gasteiger partial charge in [0.1, 0.15) is 23.1 Å². The van der Waals surface area contributed by atoms with Gasteiger partial charge in [-0.25, -0.2) is 0 Å². The summed E-state index contributed by atoms with van der Waals surface area (Å²) in [5, 5.41) is 35.7. The van der Waals surface area contributed by atoms with E-state index in [-0.39, 0.29) is 17.1 Å². The summed E-state index contributed by atoms with van der Waals surface area (Å²) in [7, 11) is 0. The summed E-state index contributed by atoms with van der Waals surface area (Å²) in [5.74, 6) is -0.314. The molecule has 4 N–H and O–H groups in total. The van der Waals surface area contributed by atoms with Gasteiger partial charge in [0.15, 0.2) is 0 Å². The van der Waals surface area contributed by atoms with Gasteiger partial charge >= 0.3 is 0 Å². The topological polar surface area (TPSA) is 105 Å². The number of phenols is 2. The standard InChI is InChI=1S/C21H17N3O3/c1-13-10-15(25)8-9-18(13)24-21(27)14(11-22)12-23-19-6-2-5-17-16(19)4-3-7-20(17)26/h2-10,12,23,25-26H,1H3,(H,24,27)/b14-12-. The molecule has 0 aliphatic heterocycles. The van der Waals surface area contributed by atoms with E-state index in [9.17, 15) is 20.3 Å². The van der Waals surface area contributed by atoms with Crippen LogP contribution in [0, 0.1) is 18.3 Å². The van der Waals surface area contributed by atoms with Crippen molar-refractivity contribution < 1.29 is 15.0 Å². The number of nitrogens with zero attached hydrogens (tertiary/aromatic N) is 1. The molecule has 0 radical (unpaired) electrons. The maximum Gasteiger partial charge on any atom is 0.267 e. The van der Waals surface area contributed by atoms with Gasteiger partial charge in [-0.15, -0.1) is 0 Å². The van der Waals surface area contributed by atoms with Crippen molar-refractivity contribution in [3.8, 4) is 17.6 Å². The van der Waals surface area contributed by atoms with Crippen LogP contribution >= 0.6 is 0 Å². The number of amides is 1. The van der Waals surface area contributed by atoms with Gasteiger partial charge in [-0.3, -0.25) is 4.79 Å². The van der Waals surface area contributed by atoms with Crippen molar-refractivity contribution in [1.29, 1.82) is 5.26 Å². The predicted octanol–water partition coefficient (Wildman–Crippen LogP) is 4.02. The number of phenolic OH excluding ortho intramolecular Hbond substituents is 2. The first-order valence-corrected chi connectivity index (χ1v) is 8.18. The summed E-state index contributed by atoms with van der Waals surface area (Å²) in [6.07, 6.45) is 1.32. The Morgan fingerprint density at radius 3 is 2.52 bits per heavy atom. The van der Waals surface area contributed by atoms with Gasteiger partial charge in [0, 0.05) is 28.3 Å². The minimum absolute atomic E-state index is 0.0995. The molecule has 0 saturated heterocycles. The Hall–Kier alpha value is -3.98. The minimum Gasteiger partial charge on any atom is -0.508 e. The van der Waals surface area contributed by atoms with Crippen molar-refractivity contribution in [2.45, 2.75) is 6.92 Å².